The molecule has 2 saturated heterocycles. The molecule has 2 aliphatic heterocycles. The van der Waals surface area contributed by atoms with Crippen molar-refractivity contribution in [1.29, 1.82) is 0 Å². The SMILES string of the molecule is FC(F)(F)c1nnc(N2CCC3CCC(C2)N3)s1. The maximum absolute atomic E-state index is 12.5. The molecule has 4 nitrogen and oxygen atoms in total. The number of nitrogens with zero attached hydrogens (tertiary/aromatic N) is 3. The van der Waals surface area contributed by atoms with Crippen molar-refractivity contribution >= 4 is 16.5 Å². The van der Waals surface area contributed by atoms with Gasteiger partial charge in [-0.15, -0.1) is 10.2 Å². The molecule has 1 N–H and O–H groups in total. The molecule has 2 unspecified atom stereocenters. The van der Waals surface area contributed by atoms with E-state index in [-0.39, 0.29) is 0 Å². The van der Waals surface area contributed by atoms with Crippen molar-refractivity contribution in [2.24, 2.45) is 0 Å². The first-order chi connectivity index (χ1) is 8.52. The summed E-state index contributed by atoms with van der Waals surface area (Å²) < 4.78 is 37.4. The van der Waals surface area contributed by atoms with Crippen LogP contribution in [0.1, 0.15) is 24.3 Å². The van der Waals surface area contributed by atoms with Crippen LogP contribution in [-0.4, -0.2) is 35.4 Å². The summed E-state index contributed by atoms with van der Waals surface area (Å²) in [6.07, 6.45) is -1.18. The maximum atomic E-state index is 12.5. The Bertz CT molecular complexity index is 433. The first-order valence-corrected chi connectivity index (χ1v) is 6.76. The first-order valence-electron chi connectivity index (χ1n) is 5.94. The Morgan fingerprint density at radius 2 is 1.94 bits per heavy atom. The summed E-state index contributed by atoms with van der Waals surface area (Å²) in [5.41, 5.74) is 0. The summed E-state index contributed by atoms with van der Waals surface area (Å²) in [5.74, 6) is 0. The van der Waals surface area contributed by atoms with Crippen molar-refractivity contribution in [2.75, 3.05) is 18.0 Å². The van der Waals surface area contributed by atoms with Gasteiger partial charge < -0.3 is 10.2 Å². The first kappa shape index (κ1) is 12.2. The standard InChI is InChI=1S/C10H13F3N4S/c11-10(12,13)8-15-16-9(18-8)17-4-3-6-1-2-7(5-17)14-6/h6-7,14H,1-5H2. The van der Waals surface area contributed by atoms with E-state index in [1.165, 1.54) is 6.42 Å². The molecular weight excluding hydrogens is 265 g/mol. The van der Waals surface area contributed by atoms with Crippen LogP contribution in [0.2, 0.25) is 0 Å². The highest BCUT2D eigenvalue weighted by Crippen LogP contribution is 2.35. The van der Waals surface area contributed by atoms with E-state index in [0.29, 0.717) is 28.6 Å². The normalized spacial score (nSPS) is 28.5. The molecule has 1 aromatic heterocycles. The number of hydrogen-bond donors (Lipinski definition) is 1. The second-order valence-electron chi connectivity index (χ2n) is 4.76. The van der Waals surface area contributed by atoms with Crippen molar-refractivity contribution in [1.82, 2.24) is 15.5 Å². The lowest BCUT2D eigenvalue weighted by atomic mass is 10.1. The van der Waals surface area contributed by atoms with Crippen molar-refractivity contribution in [2.45, 2.75) is 37.5 Å². The van der Waals surface area contributed by atoms with Crippen LogP contribution in [-0.2, 0) is 6.18 Å². The lowest BCUT2D eigenvalue weighted by Gasteiger charge is -2.22. The van der Waals surface area contributed by atoms with Crippen LogP contribution in [0.5, 0.6) is 0 Å². The maximum Gasteiger partial charge on any atom is 0.445 e. The highest BCUT2D eigenvalue weighted by Gasteiger charge is 2.37. The third-order valence-corrected chi connectivity index (χ3v) is 4.48. The Morgan fingerprint density at radius 3 is 2.67 bits per heavy atom. The Balaban J connectivity index is 1.76. The van der Waals surface area contributed by atoms with E-state index in [0.717, 1.165) is 25.9 Å². The Kier molecular flexibility index (Phi) is 2.93. The molecule has 0 radical (unpaired) electrons. The highest BCUT2D eigenvalue weighted by molar-refractivity contribution is 7.15. The molecule has 3 rings (SSSR count). The molecule has 0 spiro atoms. The smallest absolute Gasteiger partial charge is 0.345 e. The Labute approximate surface area is 106 Å². The molecule has 2 bridgehead atoms. The van der Waals surface area contributed by atoms with E-state index in [9.17, 15) is 13.2 Å². The topological polar surface area (TPSA) is 41.1 Å². The molecule has 8 heteroatoms. The number of anilines is 1. The molecule has 100 valence electrons. The van der Waals surface area contributed by atoms with Gasteiger partial charge >= 0.3 is 6.18 Å². The number of aromatic nitrogens is 2. The van der Waals surface area contributed by atoms with Gasteiger partial charge in [0.15, 0.2) is 0 Å². The minimum absolute atomic E-state index is 0.371. The largest absolute Gasteiger partial charge is 0.445 e. The summed E-state index contributed by atoms with van der Waals surface area (Å²) in [4.78, 5) is 1.92. The molecule has 2 aliphatic rings. The number of fused-ring (bicyclic) bond motifs is 2. The van der Waals surface area contributed by atoms with E-state index in [2.05, 4.69) is 15.5 Å². The molecular formula is C10H13F3N4S. The van der Waals surface area contributed by atoms with Crippen LogP contribution in [0.4, 0.5) is 18.3 Å². The van der Waals surface area contributed by atoms with Crippen LogP contribution >= 0.6 is 11.3 Å². The molecule has 0 amide bonds. The molecule has 1 aromatic rings. The minimum Gasteiger partial charge on any atom is -0.345 e. The van der Waals surface area contributed by atoms with E-state index in [1.54, 1.807) is 0 Å². The van der Waals surface area contributed by atoms with Crippen molar-refractivity contribution < 1.29 is 13.2 Å². The molecule has 0 aromatic carbocycles. The zero-order valence-corrected chi connectivity index (χ0v) is 10.4. The predicted molar refractivity (Wildman–Crippen MR) is 61.7 cm³/mol. The van der Waals surface area contributed by atoms with Gasteiger partial charge in [-0.05, 0) is 19.3 Å². The van der Waals surface area contributed by atoms with Gasteiger partial charge in [0, 0.05) is 25.2 Å². The third-order valence-electron chi connectivity index (χ3n) is 3.45. The Morgan fingerprint density at radius 1 is 1.17 bits per heavy atom. The van der Waals surface area contributed by atoms with Gasteiger partial charge in [0.25, 0.3) is 0 Å². The minimum atomic E-state index is -4.39. The summed E-state index contributed by atoms with van der Waals surface area (Å²) in [7, 11) is 0. The second-order valence-corrected chi connectivity index (χ2v) is 5.72. The van der Waals surface area contributed by atoms with Crippen LogP contribution < -0.4 is 10.2 Å². The fraction of sp³-hybridized carbons (Fsp3) is 0.800. The summed E-state index contributed by atoms with van der Waals surface area (Å²) in [6, 6.07) is 0.880. The molecule has 0 aliphatic carbocycles. The van der Waals surface area contributed by atoms with Crippen LogP contribution in [0.15, 0.2) is 0 Å². The number of hydrogen-bond acceptors (Lipinski definition) is 5. The fourth-order valence-corrected chi connectivity index (χ4v) is 3.32. The lowest BCUT2D eigenvalue weighted by Crippen LogP contribution is -2.35. The van der Waals surface area contributed by atoms with Gasteiger partial charge in [-0.1, -0.05) is 11.3 Å². The number of halogens is 3. The van der Waals surface area contributed by atoms with Gasteiger partial charge in [-0.2, -0.15) is 13.2 Å². The molecule has 3 heterocycles. The predicted octanol–water partition coefficient (Wildman–Crippen LogP) is 1.89. The van der Waals surface area contributed by atoms with Gasteiger partial charge in [-0.3, -0.25) is 0 Å². The Hall–Kier alpha value is -0.890. The van der Waals surface area contributed by atoms with Gasteiger partial charge in [-0.25, -0.2) is 0 Å². The summed E-state index contributed by atoms with van der Waals surface area (Å²) in [6.45, 7) is 1.48. The second kappa shape index (κ2) is 4.34. The van der Waals surface area contributed by atoms with Crippen LogP contribution in [0, 0.1) is 0 Å². The third kappa shape index (κ3) is 2.31. The molecule has 2 fully saturated rings. The van der Waals surface area contributed by atoms with Gasteiger partial charge in [0.05, 0.1) is 0 Å². The summed E-state index contributed by atoms with van der Waals surface area (Å²) >= 11 is 0.634. The summed E-state index contributed by atoms with van der Waals surface area (Å²) in [5, 5.41) is 9.92. The highest BCUT2D eigenvalue weighted by atomic mass is 32.1. The number of nitrogens with one attached hydrogen (secondary N) is 1. The van der Waals surface area contributed by atoms with Gasteiger partial charge in [0.1, 0.15) is 0 Å². The zero-order valence-electron chi connectivity index (χ0n) is 9.57. The average Bonchev–Trinajstić information content (AvgIpc) is 2.85. The molecule has 18 heavy (non-hydrogen) atoms. The quantitative estimate of drug-likeness (QED) is 0.851. The monoisotopic (exact) mass is 278 g/mol. The van der Waals surface area contributed by atoms with Crippen LogP contribution in [0.25, 0.3) is 0 Å². The van der Waals surface area contributed by atoms with E-state index in [1.807, 2.05) is 4.90 Å². The fourth-order valence-electron chi connectivity index (χ4n) is 2.57. The van der Waals surface area contributed by atoms with Crippen molar-refractivity contribution in [3.05, 3.63) is 5.01 Å². The number of alkyl halides is 3. The number of rotatable bonds is 1. The van der Waals surface area contributed by atoms with Gasteiger partial charge in [0.2, 0.25) is 10.1 Å². The van der Waals surface area contributed by atoms with E-state index < -0.39 is 11.2 Å². The lowest BCUT2D eigenvalue weighted by molar-refractivity contribution is -0.138. The van der Waals surface area contributed by atoms with E-state index >= 15 is 0 Å². The zero-order chi connectivity index (χ0) is 12.8. The van der Waals surface area contributed by atoms with Crippen LogP contribution in [0.3, 0.4) is 0 Å². The molecule has 0 saturated carbocycles. The average molecular weight is 278 g/mol. The van der Waals surface area contributed by atoms with Crippen molar-refractivity contribution in [3.8, 4) is 0 Å². The van der Waals surface area contributed by atoms with Crippen molar-refractivity contribution in [3.63, 3.8) is 0 Å². The molecule has 2 atom stereocenters. The van der Waals surface area contributed by atoms with E-state index in [4.69, 9.17) is 0 Å².